The number of rotatable bonds is 16. The van der Waals surface area contributed by atoms with E-state index in [1.807, 2.05) is 6.08 Å². The van der Waals surface area contributed by atoms with Crippen LogP contribution in [0.3, 0.4) is 0 Å². The summed E-state index contributed by atoms with van der Waals surface area (Å²) in [4.78, 5) is 38.3. The molecule has 1 heterocycles. The topological polar surface area (TPSA) is 85.4 Å². The van der Waals surface area contributed by atoms with Gasteiger partial charge in [-0.2, -0.15) is 0 Å². The Morgan fingerprint density at radius 2 is 1.97 bits per heavy atom. The zero-order chi connectivity index (χ0) is 26.7. The smallest absolute Gasteiger partial charge is 0.302 e. The molecule has 2 fully saturated rings. The van der Waals surface area contributed by atoms with E-state index < -0.39 is 23.6 Å². The number of ether oxygens (including phenoxy) is 3. The zero-order valence-electron chi connectivity index (χ0n) is 22.6. The number of carbonyl (C=O) groups is 3. The average molecular weight is 526 g/mol. The van der Waals surface area contributed by atoms with Gasteiger partial charge in [0.2, 0.25) is 5.91 Å². The van der Waals surface area contributed by atoms with Crippen LogP contribution in [0.15, 0.2) is 23.3 Å². The number of hydrogen-bond donors (Lipinski definition) is 0. The molecule has 204 valence electrons. The van der Waals surface area contributed by atoms with Gasteiger partial charge in [0.15, 0.2) is 11.4 Å². The normalized spacial score (nSPS) is 26.6. The number of esters is 1. The van der Waals surface area contributed by atoms with Gasteiger partial charge in [0.1, 0.15) is 12.2 Å². The SMILES string of the molecule is CCCCCCC[C@H](C/C=C\CCC(=O)N(C)C/C(Cl)=C\[C@@]12O[C@@H]1C[C@H](OC(C)=O)[C@H](C)C2=O)OC. The van der Waals surface area contributed by atoms with E-state index >= 15 is 0 Å². The molecular formula is C28H44ClNO6. The van der Waals surface area contributed by atoms with E-state index in [4.69, 9.17) is 25.8 Å². The fourth-order valence-electron chi connectivity index (χ4n) is 4.81. The van der Waals surface area contributed by atoms with Crippen molar-refractivity contribution in [2.45, 2.75) is 109 Å². The zero-order valence-corrected chi connectivity index (χ0v) is 23.4. The van der Waals surface area contributed by atoms with Crippen molar-refractivity contribution in [2.24, 2.45) is 5.92 Å². The number of epoxide rings is 1. The molecule has 0 spiro atoms. The first-order chi connectivity index (χ1) is 17.1. The van der Waals surface area contributed by atoms with Crippen LogP contribution in [0.4, 0.5) is 0 Å². The molecule has 0 bridgehead atoms. The maximum atomic E-state index is 12.9. The number of carbonyl (C=O) groups excluding carboxylic acids is 3. The van der Waals surface area contributed by atoms with Crippen LogP contribution < -0.4 is 0 Å². The second kappa shape index (κ2) is 14.9. The number of nitrogens with zero attached hydrogens (tertiary/aromatic N) is 1. The van der Waals surface area contributed by atoms with Crippen LogP contribution in [0.1, 0.15) is 85.0 Å². The van der Waals surface area contributed by atoms with E-state index in [9.17, 15) is 14.4 Å². The summed E-state index contributed by atoms with van der Waals surface area (Å²) in [6.07, 6.45) is 14.9. The number of unbranched alkanes of at least 4 members (excludes halogenated alkanes) is 4. The molecule has 0 aromatic carbocycles. The van der Waals surface area contributed by atoms with Gasteiger partial charge >= 0.3 is 5.97 Å². The Kier molecular flexibility index (Phi) is 12.6. The first kappa shape index (κ1) is 30.5. The Bertz CT molecular complexity index is 812. The molecule has 1 aliphatic heterocycles. The van der Waals surface area contributed by atoms with Gasteiger partial charge in [-0.3, -0.25) is 14.4 Å². The van der Waals surface area contributed by atoms with Gasteiger partial charge in [-0.1, -0.05) is 69.7 Å². The predicted octanol–water partition coefficient (Wildman–Crippen LogP) is 5.35. The molecule has 7 nitrogen and oxygen atoms in total. The number of amides is 1. The lowest BCUT2D eigenvalue weighted by Gasteiger charge is -2.28. The summed E-state index contributed by atoms with van der Waals surface area (Å²) >= 11 is 6.43. The number of hydrogen-bond acceptors (Lipinski definition) is 6. The highest BCUT2D eigenvalue weighted by Crippen LogP contribution is 2.50. The number of ketones is 1. The monoisotopic (exact) mass is 525 g/mol. The molecule has 5 atom stereocenters. The van der Waals surface area contributed by atoms with Crippen molar-refractivity contribution in [1.82, 2.24) is 4.90 Å². The van der Waals surface area contributed by atoms with Gasteiger partial charge in [-0.25, -0.2) is 0 Å². The van der Waals surface area contributed by atoms with Crippen molar-refractivity contribution in [2.75, 3.05) is 20.7 Å². The Morgan fingerprint density at radius 3 is 2.64 bits per heavy atom. The standard InChI is InChI=1S/C28H44ClNO6/c1-6-7-8-9-11-14-23(34-5)15-12-10-13-16-26(32)30(4)19-22(29)18-28-25(36-28)17-24(35-21(3)31)20(2)27(28)33/h10,12,18,20,23-25H,6-9,11,13-17,19H2,1-5H3/b12-10-,22-18+/t20-,23+,24-,25+,28+/m0/s1. The van der Waals surface area contributed by atoms with Gasteiger partial charge in [0.25, 0.3) is 0 Å². The quantitative estimate of drug-likeness (QED) is 0.117. The van der Waals surface area contributed by atoms with Gasteiger partial charge in [0.05, 0.1) is 18.6 Å². The third-order valence-corrected chi connectivity index (χ3v) is 7.35. The van der Waals surface area contributed by atoms with Crippen molar-refractivity contribution in [1.29, 1.82) is 0 Å². The number of fused-ring (bicyclic) bond motifs is 1. The Labute approximate surface area is 221 Å². The molecule has 1 saturated heterocycles. The summed E-state index contributed by atoms with van der Waals surface area (Å²) < 4.78 is 16.5. The molecular weight excluding hydrogens is 482 g/mol. The van der Waals surface area contributed by atoms with Crippen LogP contribution in [0, 0.1) is 5.92 Å². The molecule has 0 aromatic rings. The highest BCUT2D eigenvalue weighted by molar-refractivity contribution is 6.30. The highest BCUT2D eigenvalue weighted by atomic mass is 35.5. The average Bonchev–Trinajstić information content (AvgIpc) is 3.53. The number of halogens is 1. The van der Waals surface area contributed by atoms with Crippen molar-refractivity contribution >= 4 is 29.3 Å². The molecule has 2 aliphatic rings. The first-order valence-electron chi connectivity index (χ1n) is 13.3. The summed E-state index contributed by atoms with van der Waals surface area (Å²) in [6.45, 7) is 5.50. The van der Waals surface area contributed by atoms with Gasteiger partial charge < -0.3 is 19.1 Å². The van der Waals surface area contributed by atoms with Crippen molar-refractivity contribution in [3.8, 4) is 0 Å². The Morgan fingerprint density at radius 1 is 1.25 bits per heavy atom. The van der Waals surface area contributed by atoms with Crippen molar-refractivity contribution < 1.29 is 28.6 Å². The van der Waals surface area contributed by atoms with Crippen LogP contribution in [0.2, 0.25) is 0 Å². The van der Waals surface area contributed by atoms with Gasteiger partial charge in [-0.05, 0) is 25.3 Å². The maximum Gasteiger partial charge on any atom is 0.302 e. The number of allylic oxidation sites excluding steroid dienone is 1. The van der Waals surface area contributed by atoms with E-state index in [0.29, 0.717) is 24.3 Å². The van der Waals surface area contributed by atoms with Gasteiger partial charge in [-0.15, -0.1) is 0 Å². The summed E-state index contributed by atoms with van der Waals surface area (Å²) in [5.41, 5.74) is -1.06. The third-order valence-electron chi connectivity index (χ3n) is 7.12. The largest absolute Gasteiger partial charge is 0.462 e. The highest BCUT2D eigenvalue weighted by Gasteiger charge is 2.66. The van der Waals surface area contributed by atoms with E-state index in [0.717, 1.165) is 12.8 Å². The minimum Gasteiger partial charge on any atom is -0.462 e. The van der Waals surface area contributed by atoms with Crippen LogP contribution in [0.5, 0.6) is 0 Å². The molecule has 1 aliphatic carbocycles. The molecule has 0 radical (unpaired) electrons. The molecule has 0 aromatic heterocycles. The second-order valence-electron chi connectivity index (χ2n) is 10.1. The molecule has 36 heavy (non-hydrogen) atoms. The molecule has 1 amide bonds. The van der Waals surface area contributed by atoms with E-state index in [2.05, 4.69) is 13.0 Å². The number of likely N-dealkylation sites (N-methyl/N-ethyl adjacent to an activating group) is 1. The van der Waals surface area contributed by atoms with Crippen LogP contribution in [-0.2, 0) is 28.6 Å². The fourth-order valence-corrected chi connectivity index (χ4v) is 5.15. The minimum atomic E-state index is -1.06. The molecule has 0 unspecified atom stereocenters. The Hall–Kier alpha value is -1.70. The maximum absolute atomic E-state index is 12.9. The van der Waals surface area contributed by atoms with Crippen LogP contribution >= 0.6 is 11.6 Å². The van der Waals surface area contributed by atoms with Crippen LogP contribution in [-0.4, -0.2) is 67.2 Å². The summed E-state index contributed by atoms with van der Waals surface area (Å²) in [5.74, 6) is -1.04. The number of Topliss-reactive ketones (excluding diaryl/α,β-unsaturated/α-hetero) is 1. The molecule has 8 heteroatoms. The van der Waals surface area contributed by atoms with Crippen LogP contribution in [0.25, 0.3) is 0 Å². The minimum absolute atomic E-state index is 0.0190. The molecule has 2 rings (SSSR count). The predicted molar refractivity (Wildman–Crippen MR) is 141 cm³/mol. The summed E-state index contributed by atoms with van der Waals surface area (Å²) in [7, 11) is 3.46. The number of methoxy groups -OCH3 is 1. The van der Waals surface area contributed by atoms with E-state index in [1.165, 1.54) is 39.0 Å². The van der Waals surface area contributed by atoms with Crippen molar-refractivity contribution in [3.05, 3.63) is 23.3 Å². The lowest BCUT2D eigenvalue weighted by Crippen LogP contribution is -2.44. The molecule has 1 saturated carbocycles. The summed E-state index contributed by atoms with van der Waals surface area (Å²) in [6, 6.07) is 0. The molecule has 0 N–H and O–H groups in total. The third kappa shape index (κ3) is 9.00. The Balaban J connectivity index is 1.73. The van der Waals surface area contributed by atoms with Gasteiger partial charge in [0, 0.05) is 39.0 Å². The second-order valence-corrected chi connectivity index (χ2v) is 10.6. The lowest BCUT2D eigenvalue weighted by atomic mass is 9.78. The fraction of sp³-hybridized carbons (Fsp3) is 0.750. The van der Waals surface area contributed by atoms with E-state index in [-0.39, 0.29) is 30.4 Å². The first-order valence-corrected chi connectivity index (χ1v) is 13.7. The summed E-state index contributed by atoms with van der Waals surface area (Å²) in [5, 5.41) is 0.386. The van der Waals surface area contributed by atoms with Crippen molar-refractivity contribution in [3.63, 3.8) is 0 Å². The van der Waals surface area contributed by atoms with E-state index in [1.54, 1.807) is 32.1 Å². The lowest BCUT2D eigenvalue weighted by molar-refractivity contribution is -0.152.